The molecule has 1 amide bonds. The highest BCUT2D eigenvalue weighted by atomic mass is 16.7. The Morgan fingerprint density at radius 1 is 1.30 bits per heavy atom. The summed E-state index contributed by atoms with van der Waals surface area (Å²) >= 11 is 0. The van der Waals surface area contributed by atoms with Crippen LogP contribution in [0.2, 0.25) is 0 Å². The Kier molecular flexibility index (Phi) is 5.48. The van der Waals surface area contributed by atoms with Gasteiger partial charge in [0, 0.05) is 29.9 Å². The van der Waals surface area contributed by atoms with E-state index in [-0.39, 0.29) is 17.8 Å². The molecule has 2 atom stereocenters. The second-order valence-electron chi connectivity index (χ2n) is 7.89. The van der Waals surface area contributed by atoms with Gasteiger partial charge in [0.15, 0.2) is 5.84 Å². The number of amidine groups is 1. The number of carbonyl (C=O) groups excluding carboxylic acids is 2. The molecule has 0 aliphatic carbocycles. The van der Waals surface area contributed by atoms with Crippen molar-refractivity contribution in [2.45, 2.75) is 38.6 Å². The number of ether oxygens (including phenoxy) is 1. The quantitative estimate of drug-likeness (QED) is 0.348. The summed E-state index contributed by atoms with van der Waals surface area (Å²) in [4.78, 5) is 35.7. The summed E-state index contributed by atoms with van der Waals surface area (Å²) < 4.78 is 5.45. The van der Waals surface area contributed by atoms with E-state index in [1.807, 2.05) is 36.1 Å². The molecule has 1 fully saturated rings. The molecule has 3 N–H and O–H groups in total. The molecule has 1 aromatic carbocycles. The minimum absolute atomic E-state index is 0.0613. The van der Waals surface area contributed by atoms with Crippen LogP contribution in [-0.4, -0.2) is 47.3 Å². The molecular formula is C22H26N4O4. The fraction of sp³-hybridized carbons (Fsp3) is 0.409. The Morgan fingerprint density at radius 3 is 2.87 bits per heavy atom. The van der Waals surface area contributed by atoms with Crippen LogP contribution in [0.4, 0.5) is 0 Å². The number of oxime groups is 1. The Morgan fingerprint density at radius 2 is 2.13 bits per heavy atom. The number of hydrogen-bond acceptors (Lipinski definition) is 5. The van der Waals surface area contributed by atoms with Crippen molar-refractivity contribution < 1.29 is 19.2 Å². The Balaban J connectivity index is 1.47. The van der Waals surface area contributed by atoms with Gasteiger partial charge in [0.1, 0.15) is 5.75 Å². The zero-order valence-electron chi connectivity index (χ0n) is 17.2. The second kappa shape index (κ2) is 8.22. The topological polar surface area (TPSA) is 110 Å². The first kappa shape index (κ1) is 20.0. The number of rotatable bonds is 4. The SMILES string of the molecule is COc1cccc2c1CC[C@H]1CC[C@H](C(=O)ON=C(N)c3cc(C)c[nH]3)CN1C2=O. The van der Waals surface area contributed by atoms with Crippen molar-refractivity contribution in [1.29, 1.82) is 0 Å². The van der Waals surface area contributed by atoms with E-state index in [1.165, 1.54) is 0 Å². The van der Waals surface area contributed by atoms with Crippen molar-refractivity contribution in [2.24, 2.45) is 16.8 Å². The van der Waals surface area contributed by atoms with Gasteiger partial charge in [0.2, 0.25) is 0 Å². The maximum Gasteiger partial charge on any atom is 0.339 e. The van der Waals surface area contributed by atoms with Crippen molar-refractivity contribution in [3.05, 3.63) is 52.8 Å². The van der Waals surface area contributed by atoms with Crippen LogP contribution < -0.4 is 10.5 Å². The maximum atomic E-state index is 13.2. The first-order valence-corrected chi connectivity index (χ1v) is 10.1. The summed E-state index contributed by atoms with van der Waals surface area (Å²) in [6.07, 6.45) is 4.81. The van der Waals surface area contributed by atoms with Gasteiger partial charge in [0.25, 0.3) is 5.91 Å². The molecule has 0 spiro atoms. The highest BCUT2D eigenvalue weighted by Crippen LogP contribution is 2.34. The number of amides is 1. The van der Waals surface area contributed by atoms with E-state index in [9.17, 15) is 9.59 Å². The van der Waals surface area contributed by atoms with Crippen molar-refractivity contribution in [3.8, 4) is 5.75 Å². The number of carbonyl (C=O) groups is 2. The molecule has 0 bridgehead atoms. The summed E-state index contributed by atoms with van der Waals surface area (Å²) in [6.45, 7) is 2.24. The van der Waals surface area contributed by atoms with E-state index in [0.29, 0.717) is 24.2 Å². The number of aromatic amines is 1. The lowest BCUT2D eigenvalue weighted by Gasteiger charge is -2.37. The number of hydrogen-bond donors (Lipinski definition) is 2. The molecule has 0 saturated carbocycles. The molecule has 3 heterocycles. The lowest BCUT2D eigenvalue weighted by molar-refractivity contribution is -0.150. The van der Waals surface area contributed by atoms with Crippen LogP contribution in [0.25, 0.3) is 0 Å². The molecule has 30 heavy (non-hydrogen) atoms. The van der Waals surface area contributed by atoms with Gasteiger partial charge in [-0.25, -0.2) is 4.79 Å². The first-order chi connectivity index (χ1) is 14.5. The monoisotopic (exact) mass is 410 g/mol. The maximum absolute atomic E-state index is 13.2. The number of benzene rings is 1. The first-order valence-electron chi connectivity index (χ1n) is 10.1. The highest BCUT2D eigenvalue weighted by Gasteiger charge is 2.38. The number of fused-ring (bicyclic) bond motifs is 2. The van der Waals surface area contributed by atoms with Crippen LogP contribution in [0.15, 0.2) is 35.6 Å². The van der Waals surface area contributed by atoms with Gasteiger partial charge in [-0.15, -0.1) is 0 Å². The summed E-state index contributed by atoms with van der Waals surface area (Å²) in [5.41, 5.74) is 9.07. The molecule has 2 aliphatic rings. The zero-order valence-corrected chi connectivity index (χ0v) is 17.2. The third kappa shape index (κ3) is 3.77. The molecule has 0 radical (unpaired) electrons. The van der Waals surface area contributed by atoms with Crippen LogP contribution in [0, 0.1) is 12.8 Å². The van der Waals surface area contributed by atoms with E-state index in [0.717, 1.165) is 36.1 Å². The zero-order chi connectivity index (χ0) is 21.3. The molecule has 8 heteroatoms. The summed E-state index contributed by atoms with van der Waals surface area (Å²) in [5.74, 6) is -0.117. The van der Waals surface area contributed by atoms with Crippen LogP contribution in [0.1, 0.15) is 46.4 Å². The minimum atomic E-state index is -0.470. The Hall–Kier alpha value is -3.29. The molecule has 158 valence electrons. The van der Waals surface area contributed by atoms with E-state index in [4.69, 9.17) is 15.3 Å². The van der Waals surface area contributed by atoms with Gasteiger partial charge < -0.3 is 25.2 Å². The fourth-order valence-corrected chi connectivity index (χ4v) is 4.32. The number of aromatic nitrogens is 1. The largest absolute Gasteiger partial charge is 0.496 e. The van der Waals surface area contributed by atoms with Gasteiger partial charge >= 0.3 is 5.97 Å². The van der Waals surface area contributed by atoms with Crippen molar-refractivity contribution >= 4 is 17.7 Å². The molecule has 1 aromatic heterocycles. The molecule has 0 unspecified atom stereocenters. The molecule has 2 aromatic rings. The summed E-state index contributed by atoms with van der Waals surface area (Å²) in [5, 5.41) is 3.78. The number of aryl methyl sites for hydroxylation is 1. The second-order valence-corrected chi connectivity index (χ2v) is 7.89. The molecule has 8 nitrogen and oxygen atoms in total. The number of H-pyrrole nitrogens is 1. The molecule has 1 saturated heterocycles. The van der Waals surface area contributed by atoms with Gasteiger partial charge in [-0.05, 0) is 56.4 Å². The van der Waals surface area contributed by atoms with E-state index >= 15 is 0 Å². The number of nitrogens with one attached hydrogen (secondary N) is 1. The van der Waals surface area contributed by atoms with E-state index in [1.54, 1.807) is 13.3 Å². The number of piperidine rings is 1. The predicted molar refractivity (Wildman–Crippen MR) is 111 cm³/mol. The van der Waals surface area contributed by atoms with Gasteiger partial charge in [-0.1, -0.05) is 11.2 Å². The highest BCUT2D eigenvalue weighted by molar-refractivity contribution is 5.97. The smallest absolute Gasteiger partial charge is 0.339 e. The molecule has 4 rings (SSSR count). The lowest BCUT2D eigenvalue weighted by Crippen LogP contribution is -2.48. The predicted octanol–water partition coefficient (Wildman–Crippen LogP) is 2.36. The van der Waals surface area contributed by atoms with Gasteiger partial charge in [-0.2, -0.15) is 0 Å². The molecular weight excluding hydrogens is 384 g/mol. The number of methoxy groups -OCH3 is 1. The number of nitrogens with two attached hydrogens (primary N) is 1. The van der Waals surface area contributed by atoms with E-state index < -0.39 is 11.9 Å². The van der Waals surface area contributed by atoms with Crippen LogP contribution >= 0.6 is 0 Å². The van der Waals surface area contributed by atoms with Crippen LogP contribution in [0.5, 0.6) is 5.75 Å². The van der Waals surface area contributed by atoms with Crippen molar-refractivity contribution in [1.82, 2.24) is 9.88 Å². The Labute approximate surface area is 175 Å². The standard InChI is InChI=1S/C22H26N4O4/c1-13-10-18(24-11-13)20(23)25-30-22(28)14-6-7-15-8-9-16-17(21(27)26(15)12-14)4-3-5-19(16)29-2/h3-5,10-11,14-15,24H,6-9,12H2,1-2H3,(H2,23,25)/t14-,15+/m0/s1. The average molecular weight is 410 g/mol. The average Bonchev–Trinajstić information content (AvgIpc) is 3.15. The third-order valence-electron chi connectivity index (χ3n) is 5.95. The van der Waals surface area contributed by atoms with E-state index in [2.05, 4.69) is 10.1 Å². The number of nitrogens with zero attached hydrogens (tertiary/aromatic N) is 2. The van der Waals surface area contributed by atoms with Crippen LogP contribution in [-0.2, 0) is 16.1 Å². The summed E-state index contributed by atoms with van der Waals surface area (Å²) in [7, 11) is 1.62. The third-order valence-corrected chi connectivity index (χ3v) is 5.95. The fourth-order valence-electron chi connectivity index (χ4n) is 4.32. The van der Waals surface area contributed by atoms with Crippen molar-refractivity contribution in [3.63, 3.8) is 0 Å². The molecule has 2 aliphatic heterocycles. The minimum Gasteiger partial charge on any atom is -0.496 e. The van der Waals surface area contributed by atoms with Gasteiger partial charge in [-0.3, -0.25) is 4.79 Å². The summed E-state index contributed by atoms with van der Waals surface area (Å²) in [6, 6.07) is 7.46. The normalized spacial score (nSPS) is 21.5. The lowest BCUT2D eigenvalue weighted by atomic mass is 9.91. The van der Waals surface area contributed by atoms with Gasteiger partial charge in [0.05, 0.1) is 18.7 Å². The van der Waals surface area contributed by atoms with Crippen molar-refractivity contribution in [2.75, 3.05) is 13.7 Å². The van der Waals surface area contributed by atoms with Crippen LogP contribution in [0.3, 0.4) is 0 Å². The Bertz CT molecular complexity index is 997.